The number of fused-ring (bicyclic) bond motifs is 1. The highest BCUT2D eigenvalue weighted by atomic mass is 31.2. The Hall–Kier alpha value is -1.70. The molecule has 2 aromatic rings. The van der Waals surface area contributed by atoms with E-state index in [0.29, 0.717) is 25.0 Å². The average molecular weight is 288 g/mol. The van der Waals surface area contributed by atoms with Crippen molar-refractivity contribution in [1.82, 2.24) is 19.5 Å². The molecule has 0 aliphatic carbocycles. The summed E-state index contributed by atoms with van der Waals surface area (Å²) in [6.45, 7) is 0.413. The van der Waals surface area contributed by atoms with Crippen LogP contribution >= 0.6 is 7.60 Å². The third-order valence-electron chi connectivity index (χ3n) is 2.61. The molecule has 0 spiro atoms. The first-order chi connectivity index (χ1) is 8.87. The maximum absolute atomic E-state index is 11.4. The van der Waals surface area contributed by atoms with Crippen LogP contribution in [0.5, 0.6) is 0 Å². The van der Waals surface area contributed by atoms with Crippen LogP contribution in [0.3, 0.4) is 0 Å². The highest BCUT2D eigenvalue weighted by Gasteiger charge is 2.12. The van der Waals surface area contributed by atoms with Crippen LogP contribution in [0.2, 0.25) is 0 Å². The molecule has 4 N–H and O–H groups in total. The van der Waals surface area contributed by atoms with Gasteiger partial charge in [0.05, 0.1) is 6.33 Å². The summed E-state index contributed by atoms with van der Waals surface area (Å²) in [5, 5.41) is 0. The standard InChI is InChI=1S/C9H13N4O5P/c14-8-6-7(11-9(15)12-8)13(5-10-6)3-1-2-4-19(16,17)18/h5H,1-4H2,(H2,16,17,18)(H2,11,12,14,15). The second-order valence-corrected chi connectivity index (χ2v) is 5.92. The third kappa shape index (κ3) is 3.40. The summed E-state index contributed by atoms with van der Waals surface area (Å²) in [6.07, 6.45) is 2.08. The van der Waals surface area contributed by atoms with Gasteiger partial charge in [0.1, 0.15) is 5.65 Å². The minimum atomic E-state index is -3.97. The van der Waals surface area contributed by atoms with Crippen molar-refractivity contribution in [2.24, 2.45) is 0 Å². The van der Waals surface area contributed by atoms with E-state index in [0.717, 1.165) is 0 Å². The summed E-state index contributed by atoms with van der Waals surface area (Å²) in [5.41, 5.74) is -0.735. The highest BCUT2D eigenvalue weighted by Crippen LogP contribution is 2.35. The van der Waals surface area contributed by atoms with E-state index in [1.807, 2.05) is 0 Å². The minimum Gasteiger partial charge on any atom is -0.324 e. The van der Waals surface area contributed by atoms with Gasteiger partial charge in [-0.25, -0.2) is 9.78 Å². The molecule has 2 heterocycles. The van der Waals surface area contributed by atoms with E-state index in [1.165, 1.54) is 6.33 Å². The van der Waals surface area contributed by atoms with Gasteiger partial charge >= 0.3 is 13.3 Å². The first-order valence-electron chi connectivity index (χ1n) is 5.59. The molecule has 0 unspecified atom stereocenters. The van der Waals surface area contributed by atoms with Crippen molar-refractivity contribution >= 4 is 18.8 Å². The molecule has 0 aliphatic rings. The summed E-state index contributed by atoms with van der Waals surface area (Å²) < 4.78 is 12.3. The molecule has 0 amide bonds. The minimum absolute atomic E-state index is 0.134. The summed E-state index contributed by atoms with van der Waals surface area (Å²) in [6, 6.07) is 0. The van der Waals surface area contributed by atoms with Crippen LogP contribution in [-0.2, 0) is 11.1 Å². The van der Waals surface area contributed by atoms with Crippen LogP contribution in [-0.4, -0.2) is 35.5 Å². The lowest BCUT2D eigenvalue weighted by atomic mass is 10.3. The molecular weight excluding hydrogens is 275 g/mol. The maximum atomic E-state index is 11.4. The van der Waals surface area contributed by atoms with Gasteiger partial charge in [0, 0.05) is 12.7 Å². The van der Waals surface area contributed by atoms with Crippen molar-refractivity contribution in [3.8, 4) is 0 Å². The van der Waals surface area contributed by atoms with Crippen LogP contribution in [0.4, 0.5) is 0 Å². The van der Waals surface area contributed by atoms with E-state index in [-0.39, 0.29) is 11.7 Å². The SMILES string of the molecule is O=c1[nH]c(=O)c2ncn(CCCCP(=O)(O)O)c2[nH]1. The number of unbranched alkanes of at least 4 members (excludes halogenated alkanes) is 1. The Balaban J connectivity index is 2.12. The molecule has 0 aliphatic heterocycles. The van der Waals surface area contributed by atoms with Gasteiger partial charge in [0.2, 0.25) is 0 Å². The Bertz CT molecular complexity index is 739. The number of hydrogen-bond donors (Lipinski definition) is 4. The quantitative estimate of drug-likeness (QED) is 0.426. The van der Waals surface area contributed by atoms with Gasteiger partial charge in [-0.05, 0) is 12.8 Å². The molecule has 2 aromatic heterocycles. The van der Waals surface area contributed by atoms with Crippen molar-refractivity contribution in [3.05, 3.63) is 27.2 Å². The van der Waals surface area contributed by atoms with Gasteiger partial charge in [-0.15, -0.1) is 0 Å². The van der Waals surface area contributed by atoms with Crippen molar-refractivity contribution in [2.45, 2.75) is 19.4 Å². The van der Waals surface area contributed by atoms with Crippen LogP contribution < -0.4 is 11.2 Å². The van der Waals surface area contributed by atoms with Crippen molar-refractivity contribution in [3.63, 3.8) is 0 Å². The predicted molar refractivity (Wildman–Crippen MR) is 67.1 cm³/mol. The Labute approximate surface area is 106 Å². The lowest BCUT2D eigenvalue weighted by molar-refractivity contribution is 0.370. The zero-order chi connectivity index (χ0) is 14.0. The molecule has 104 valence electrons. The summed E-state index contributed by atoms with van der Waals surface area (Å²) >= 11 is 0. The van der Waals surface area contributed by atoms with E-state index < -0.39 is 18.8 Å². The van der Waals surface area contributed by atoms with Crippen molar-refractivity contribution in [2.75, 3.05) is 6.16 Å². The first-order valence-corrected chi connectivity index (χ1v) is 7.38. The van der Waals surface area contributed by atoms with E-state index in [1.54, 1.807) is 4.57 Å². The van der Waals surface area contributed by atoms with Gasteiger partial charge < -0.3 is 14.4 Å². The number of aromatic nitrogens is 4. The number of aromatic amines is 2. The lowest BCUT2D eigenvalue weighted by Gasteiger charge is -2.05. The Morgan fingerprint density at radius 1 is 1.26 bits per heavy atom. The molecule has 19 heavy (non-hydrogen) atoms. The number of hydrogen-bond acceptors (Lipinski definition) is 4. The molecule has 2 rings (SSSR count). The van der Waals surface area contributed by atoms with Crippen LogP contribution in [0.15, 0.2) is 15.9 Å². The monoisotopic (exact) mass is 288 g/mol. The number of rotatable bonds is 5. The second-order valence-electron chi connectivity index (χ2n) is 4.14. The molecule has 0 fully saturated rings. The van der Waals surface area contributed by atoms with E-state index >= 15 is 0 Å². The number of nitrogens with zero attached hydrogens (tertiary/aromatic N) is 2. The van der Waals surface area contributed by atoms with Crippen LogP contribution in [0, 0.1) is 0 Å². The first kappa shape index (κ1) is 13.7. The molecule has 0 atom stereocenters. The van der Waals surface area contributed by atoms with Crippen molar-refractivity contribution < 1.29 is 14.4 Å². The number of aryl methyl sites for hydroxylation is 1. The number of imidazole rings is 1. The average Bonchev–Trinajstić information content (AvgIpc) is 2.66. The van der Waals surface area contributed by atoms with Gasteiger partial charge in [0.15, 0.2) is 5.52 Å². The zero-order valence-corrected chi connectivity index (χ0v) is 10.8. The number of nitrogens with one attached hydrogen (secondary N) is 2. The Morgan fingerprint density at radius 3 is 2.68 bits per heavy atom. The summed E-state index contributed by atoms with van der Waals surface area (Å²) in [5.74, 6) is 0. The van der Waals surface area contributed by atoms with Gasteiger partial charge in [-0.3, -0.25) is 19.3 Å². The molecular formula is C9H13N4O5P. The second kappa shape index (κ2) is 5.12. The molecule has 0 aromatic carbocycles. The zero-order valence-electron chi connectivity index (χ0n) is 9.87. The van der Waals surface area contributed by atoms with Gasteiger partial charge in [-0.1, -0.05) is 0 Å². The molecule has 10 heteroatoms. The summed E-state index contributed by atoms with van der Waals surface area (Å²) in [7, 11) is -3.97. The Morgan fingerprint density at radius 2 is 2.00 bits per heavy atom. The maximum Gasteiger partial charge on any atom is 0.327 e. The van der Waals surface area contributed by atoms with E-state index in [9.17, 15) is 14.2 Å². The normalized spacial score (nSPS) is 12.1. The fourth-order valence-electron chi connectivity index (χ4n) is 1.75. The molecule has 0 saturated carbocycles. The van der Waals surface area contributed by atoms with Gasteiger partial charge in [-0.2, -0.15) is 0 Å². The molecule has 0 bridgehead atoms. The Kier molecular flexibility index (Phi) is 3.70. The van der Waals surface area contributed by atoms with E-state index in [4.69, 9.17) is 9.79 Å². The van der Waals surface area contributed by atoms with Crippen LogP contribution in [0.1, 0.15) is 12.8 Å². The largest absolute Gasteiger partial charge is 0.327 e. The third-order valence-corrected chi connectivity index (χ3v) is 3.51. The fourth-order valence-corrected chi connectivity index (χ4v) is 2.39. The smallest absolute Gasteiger partial charge is 0.324 e. The van der Waals surface area contributed by atoms with E-state index in [2.05, 4.69) is 15.0 Å². The van der Waals surface area contributed by atoms with Crippen LogP contribution in [0.25, 0.3) is 11.2 Å². The molecule has 9 nitrogen and oxygen atoms in total. The molecule has 0 saturated heterocycles. The van der Waals surface area contributed by atoms with Gasteiger partial charge in [0.25, 0.3) is 5.56 Å². The lowest BCUT2D eigenvalue weighted by Crippen LogP contribution is -2.22. The fraction of sp³-hybridized carbons (Fsp3) is 0.444. The predicted octanol–water partition coefficient (Wildman–Crippen LogP) is -0.629. The highest BCUT2D eigenvalue weighted by molar-refractivity contribution is 7.51. The summed E-state index contributed by atoms with van der Waals surface area (Å²) in [4.78, 5) is 48.4. The molecule has 0 radical (unpaired) electrons. The topological polar surface area (TPSA) is 141 Å². The number of H-pyrrole nitrogens is 2. The van der Waals surface area contributed by atoms with Crippen molar-refractivity contribution in [1.29, 1.82) is 0 Å².